The minimum atomic E-state index is -0.340. The van der Waals surface area contributed by atoms with Crippen LogP contribution in [0.15, 0.2) is 30.3 Å². The Balaban J connectivity index is 2.11. The van der Waals surface area contributed by atoms with Crippen molar-refractivity contribution < 1.29 is 4.79 Å². The molecule has 0 saturated carbocycles. The van der Waals surface area contributed by atoms with Gasteiger partial charge in [-0.3, -0.25) is 5.32 Å². The zero-order chi connectivity index (χ0) is 14.7. The molecule has 0 fully saturated rings. The van der Waals surface area contributed by atoms with Crippen molar-refractivity contribution in [3.63, 3.8) is 0 Å². The second kappa shape index (κ2) is 5.92. The summed E-state index contributed by atoms with van der Waals surface area (Å²) in [4.78, 5) is 16.2. The lowest BCUT2D eigenvalue weighted by Gasteiger charge is -2.10. The van der Waals surface area contributed by atoms with E-state index >= 15 is 0 Å². The predicted octanol–water partition coefficient (Wildman–Crippen LogP) is 4.30. The van der Waals surface area contributed by atoms with Crippen LogP contribution in [0.25, 0.3) is 0 Å². The quantitative estimate of drug-likeness (QED) is 0.866. The summed E-state index contributed by atoms with van der Waals surface area (Å²) < 4.78 is 0. The summed E-state index contributed by atoms with van der Waals surface area (Å²) >= 11 is 5.92. The normalized spacial score (nSPS) is 10.2. The molecule has 1 heterocycles. The first-order chi connectivity index (χ1) is 9.44. The molecule has 104 valence electrons. The number of rotatable bonds is 2. The Hall–Kier alpha value is -2.07. The highest BCUT2D eigenvalue weighted by atomic mass is 35.5. The maximum Gasteiger partial charge on any atom is 0.324 e. The van der Waals surface area contributed by atoms with E-state index in [1.807, 2.05) is 39.0 Å². The summed E-state index contributed by atoms with van der Waals surface area (Å²) in [6.07, 6.45) is 0. The number of hydrogen-bond acceptors (Lipinski definition) is 2. The zero-order valence-corrected chi connectivity index (χ0v) is 12.4. The molecule has 0 unspecified atom stereocenters. The number of benzene rings is 1. The average Bonchev–Trinajstić information content (AvgIpc) is 2.32. The van der Waals surface area contributed by atoms with Crippen molar-refractivity contribution in [1.29, 1.82) is 0 Å². The summed E-state index contributed by atoms with van der Waals surface area (Å²) in [6, 6.07) is 8.78. The van der Waals surface area contributed by atoms with Crippen LogP contribution >= 0.6 is 11.6 Å². The minimum absolute atomic E-state index is 0.340. The van der Waals surface area contributed by atoms with Crippen LogP contribution in [0.4, 0.5) is 16.3 Å². The molecule has 20 heavy (non-hydrogen) atoms. The highest BCUT2D eigenvalue weighted by Gasteiger charge is 2.07. The number of halogens is 1. The molecule has 0 aliphatic heterocycles. The summed E-state index contributed by atoms with van der Waals surface area (Å²) in [7, 11) is 0. The molecule has 0 aliphatic rings. The maximum atomic E-state index is 12.0. The fourth-order valence-electron chi connectivity index (χ4n) is 1.90. The number of hydrogen-bond donors (Lipinski definition) is 2. The van der Waals surface area contributed by atoms with Crippen LogP contribution in [-0.4, -0.2) is 11.0 Å². The van der Waals surface area contributed by atoms with E-state index in [2.05, 4.69) is 15.6 Å². The summed E-state index contributed by atoms with van der Waals surface area (Å²) in [6.45, 7) is 5.75. The van der Waals surface area contributed by atoms with Gasteiger partial charge in [0.25, 0.3) is 0 Å². The molecule has 5 heteroatoms. The van der Waals surface area contributed by atoms with Gasteiger partial charge in [0.1, 0.15) is 5.82 Å². The highest BCUT2D eigenvalue weighted by molar-refractivity contribution is 6.31. The maximum absolute atomic E-state index is 12.0. The topological polar surface area (TPSA) is 54.0 Å². The SMILES string of the molecule is Cc1cc(C)nc(NC(=O)Nc2cc(Cl)ccc2C)c1. The second-order valence-electron chi connectivity index (χ2n) is 4.71. The molecular weight excluding hydrogens is 274 g/mol. The van der Waals surface area contributed by atoms with Gasteiger partial charge >= 0.3 is 6.03 Å². The lowest BCUT2D eigenvalue weighted by atomic mass is 10.2. The van der Waals surface area contributed by atoms with Gasteiger partial charge in [-0.25, -0.2) is 9.78 Å². The Morgan fingerprint density at radius 2 is 1.85 bits per heavy atom. The Bertz CT molecular complexity index is 635. The first-order valence-corrected chi connectivity index (χ1v) is 6.61. The van der Waals surface area contributed by atoms with E-state index in [-0.39, 0.29) is 6.03 Å². The molecule has 0 spiro atoms. The fraction of sp³-hybridized carbons (Fsp3) is 0.200. The fourth-order valence-corrected chi connectivity index (χ4v) is 2.08. The van der Waals surface area contributed by atoms with Crippen molar-refractivity contribution in [2.24, 2.45) is 0 Å². The lowest BCUT2D eigenvalue weighted by molar-refractivity contribution is 0.262. The largest absolute Gasteiger partial charge is 0.324 e. The molecule has 1 aromatic heterocycles. The first-order valence-electron chi connectivity index (χ1n) is 6.23. The number of carbonyl (C=O) groups excluding carboxylic acids is 1. The number of urea groups is 1. The van der Waals surface area contributed by atoms with Crippen LogP contribution in [0.2, 0.25) is 5.02 Å². The molecule has 1 aromatic carbocycles. The molecule has 2 aromatic rings. The van der Waals surface area contributed by atoms with Crippen molar-refractivity contribution in [1.82, 2.24) is 4.98 Å². The minimum Gasteiger partial charge on any atom is -0.307 e. The van der Waals surface area contributed by atoms with Gasteiger partial charge in [-0.15, -0.1) is 0 Å². The van der Waals surface area contributed by atoms with Crippen LogP contribution in [0, 0.1) is 20.8 Å². The number of amides is 2. The van der Waals surface area contributed by atoms with Crippen LogP contribution < -0.4 is 10.6 Å². The molecule has 4 nitrogen and oxygen atoms in total. The van der Waals surface area contributed by atoms with Crippen LogP contribution in [0.3, 0.4) is 0 Å². The van der Waals surface area contributed by atoms with Gasteiger partial charge in [0.15, 0.2) is 0 Å². The Morgan fingerprint density at radius 3 is 2.55 bits per heavy atom. The predicted molar refractivity (Wildman–Crippen MR) is 82.5 cm³/mol. The van der Waals surface area contributed by atoms with E-state index in [1.54, 1.807) is 12.1 Å². The van der Waals surface area contributed by atoms with E-state index in [1.165, 1.54) is 0 Å². The lowest BCUT2D eigenvalue weighted by Crippen LogP contribution is -2.20. The van der Waals surface area contributed by atoms with Crippen molar-refractivity contribution in [2.45, 2.75) is 20.8 Å². The van der Waals surface area contributed by atoms with Crippen LogP contribution in [0.1, 0.15) is 16.8 Å². The number of aryl methyl sites for hydroxylation is 3. The van der Waals surface area contributed by atoms with E-state index in [0.717, 1.165) is 16.8 Å². The number of carbonyl (C=O) groups is 1. The Labute approximate surface area is 123 Å². The van der Waals surface area contributed by atoms with E-state index in [4.69, 9.17) is 11.6 Å². The smallest absolute Gasteiger partial charge is 0.307 e. The molecule has 0 aliphatic carbocycles. The number of nitrogens with one attached hydrogen (secondary N) is 2. The average molecular weight is 290 g/mol. The second-order valence-corrected chi connectivity index (χ2v) is 5.15. The summed E-state index contributed by atoms with van der Waals surface area (Å²) in [5.74, 6) is 0.527. The number of pyridine rings is 1. The van der Waals surface area contributed by atoms with Gasteiger partial charge in [0.05, 0.1) is 0 Å². The Kier molecular flexibility index (Phi) is 4.25. The molecule has 0 saturated heterocycles. The molecule has 0 radical (unpaired) electrons. The van der Waals surface area contributed by atoms with Gasteiger partial charge in [-0.2, -0.15) is 0 Å². The first kappa shape index (κ1) is 14.3. The molecular formula is C15H16ClN3O. The number of aromatic nitrogens is 1. The van der Waals surface area contributed by atoms with Gasteiger partial charge < -0.3 is 5.32 Å². The Morgan fingerprint density at radius 1 is 1.10 bits per heavy atom. The van der Waals surface area contributed by atoms with E-state index in [9.17, 15) is 4.79 Å². The van der Waals surface area contributed by atoms with Gasteiger partial charge in [-0.1, -0.05) is 17.7 Å². The molecule has 2 N–H and O–H groups in total. The summed E-state index contributed by atoms with van der Waals surface area (Å²) in [5, 5.41) is 6.06. The highest BCUT2D eigenvalue weighted by Crippen LogP contribution is 2.20. The zero-order valence-electron chi connectivity index (χ0n) is 11.6. The van der Waals surface area contributed by atoms with Crippen LogP contribution in [0.5, 0.6) is 0 Å². The third-order valence-corrected chi connectivity index (χ3v) is 3.02. The number of anilines is 2. The van der Waals surface area contributed by atoms with Gasteiger partial charge in [0, 0.05) is 16.4 Å². The van der Waals surface area contributed by atoms with Crippen molar-refractivity contribution in [2.75, 3.05) is 10.6 Å². The van der Waals surface area contributed by atoms with Gasteiger partial charge in [0.2, 0.25) is 0 Å². The molecule has 2 rings (SSSR count). The van der Waals surface area contributed by atoms with Crippen molar-refractivity contribution in [3.8, 4) is 0 Å². The molecule has 0 atom stereocenters. The van der Waals surface area contributed by atoms with Crippen molar-refractivity contribution in [3.05, 3.63) is 52.2 Å². The van der Waals surface area contributed by atoms with Crippen LogP contribution in [-0.2, 0) is 0 Å². The third kappa shape index (κ3) is 3.71. The standard InChI is InChI=1S/C15H16ClN3O/c1-9-6-11(3)17-14(7-9)19-15(20)18-13-8-12(16)5-4-10(13)2/h4-8H,1-3H3,(H2,17,18,19,20). The molecule has 2 amide bonds. The number of nitrogens with zero attached hydrogens (tertiary/aromatic N) is 1. The van der Waals surface area contributed by atoms with E-state index < -0.39 is 0 Å². The van der Waals surface area contributed by atoms with E-state index in [0.29, 0.717) is 16.5 Å². The summed E-state index contributed by atoms with van der Waals surface area (Å²) in [5.41, 5.74) is 3.53. The third-order valence-electron chi connectivity index (χ3n) is 2.79. The monoisotopic (exact) mass is 289 g/mol. The van der Waals surface area contributed by atoms with Crippen molar-refractivity contribution >= 4 is 29.1 Å². The van der Waals surface area contributed by atoms with Gasteiger partial charge in [-0.05, 0) is 56.2 Å². The molecule has 0 bridgehead atoms.